The quantitative estimate of drug-likeness (QED) is 0.453. The number of rotatable bonds is 8. The van der Waals surface area contributed by atoms with Crippen molar-refractivity contribution in [1.29, 1.82) is 0 Å². The standard InChI is InChI=1S/C24H25ClN4O5/c1-31-21-9-3-17(23(25)24(21)32-2)4-10-22(30)28-11-12-33-20(13-28)14-34-19-7-5-18(6-8-19)29-16-26-15-27-29/h3-10,15-16,20H,11-14H2,1-2H3/b10-4+. The van der Waals surface area contributed by atoms with Crippen LogP contribution in [0.25, 0.3) is 11.8 Å². The van der Waals surface area contributed by atoms with E-state index in [9.17, 15) is 4.79 Å². The summed E-state index contributed by atoms with van der Waals surface area (Å²) in [5, 5.41) is 4.48. The molecular weight excluding hydrogens is 460 g/mol. The highest BCUT2D eigenvalue weighted by Gasteiger charge is 2.24. The largest absolute Gasteiger partial charge is 0.493 e. The monoisotopic (exact) mass is 484 g/mol. The minimum atomic E-state index is -0.231. The number of carbonyl (C=O) groups excluding carboxylic acids is 1. The van der Waals surface area contributed by atoms with Crippen LogP contribution in [0.15, 0.2) is 55.1 Å². The third-order valence-electron chi connectivity index (χ3n) is 5.33. The highest BCUT2D eigenvalue weighted by molar-refractivity contribution is 6.33. The molecule has 1 aliphatic rings. The van der Waals surface area contributed by atoms with Gasteiger partial charge in [-0.05, 0) is 48.0 Å². The first kappa shape index (κ1) is 23.6. The van der Waals surface area contributed by atoms with Crippen LogP contribution >= 0.6 is 11.6 Å². The van der Waals surface area contributed by atoms with Gasteiger partial charge in [-0.3, -0.25) is 4.79 Å². The van der Waals surface area contributed by atoms with Crippen molar-refractivity contribution in [3.8, 4) is 22.9 Å². The maximum Gasteiger partial charge on any atom is 0.246 e. The summed E-state index contributed by atoms with van der Waals surface area (Å²) < 4.78 is 23.9. The minimum Gasteiger partial charge on any atom is -0.493 e. The number of amides is 1. The summed E-state index contributed by atoms with van der Waals surface area (Å²) in [5.74, 6) is 1.53. The molecule has 1 amide bonds. The van der Waals surface area contributed by atoms with Crippen molar-refractivity contribution >= 4 is 23.6 Å². The lowest BCUT2D eigenvalue weighted by Gasteiger charge is -2.32. The third-order valence-corrected chi connectivity index (χ3v) is 5.72. The van der Waals surface area contributed by atoms with Crippen molar-refractivity contribution in [2.45, 2.75) is 6.10 Å². The summed E-state index contributed by atoms with van der Waals surface area (Å²) in [4.78, 5) is 18.4. The Balaban J connectivity index is 1.32. The van der Waals surface area contributed by atoms with Crippen molar-refractivity contribution in [3.05, 3.63) is 65.7 Å². The SMILES string of the molecule is COc1ccc(/C=C/C(=O)N2CCOC(COc3ccc(-n4cncn4)cc3)C2)c(Cl)c1OC. The van der Waals surface area contributed by atoms with Crippen molar-refractivity contribution in [2.75, 3.05) is 40.5 Å². The molecule has 178 valence electrons. The van der Waals surface area contributed by atoms with Crippen LogP contribution in [0.5, 0.6) is 17.2 Å². The zero-order valence-corrected chi connectivity index (χ0v) is 19.6. The van der Waals surface area contributed by atoms with E-state index in [2.05, 4.69) is 10.1 Å². The number of halogens is 1. The van der Waals surface area contributed by atoms with Crippen LogP contribution in [-0.4, -0.2) is 72.2 Å². The molecule has 1 saturated heterocycles. The summed E-state index contributed by atoms with van der Waals surface area (Å²) in [7, 11) is 3.06. The van der Waals surface area contributed by atoms with Gasteiger partial charge < -0.3 is 23.8 Å². The normalized spacial score (nSPS) is 16.0. The lowest BCUT2D eigenvalue weighted by molar-refractivity contribution is -0.134. The van der Waals surface area contributed by atoms with Gasteiger partial charge in [-0.25, -0.2) is 9.67 Å². The number of aromatic nitrogens is 3. The molecule has 2 aromatic carbocycles. The molecule has 0 saturated carbocycles. The van der Waals surface area contributed by atoms with E-state index in [1.54, 1.807) is 41.2 Å². The molecule has 1 fully saturated rings. The highest BCUT2D eigenvalue weighted by atomic mass is 35.5. The summed E-state index contributed by atoms with van der Waals surface area (Å²) in [6, 6.07) is 11.0. The molecule has 3 aromatic rings. The molecule has 10 heteroatoms. The van der Waals surface area contributed by atoms with Gasteiger partial charge in [-0.1, -0.05) is 11.6 Å². The Kier molecular flexibility index (Phi) is 7.66. The van der Waals surface area contributed by atoms with E-state index >= 15 is 0 Å². The molecule has 1 unspecified atom stereocenters. The zero-order chi connectivity index (χ0) is 23.9. The smallest absolute Gasteiger partial charge is 0.246 e. The number of nitrogens with zero attached hydrogens (tertiary/aromatic N) is 4. The first-order valence-electron chi connectivity index (χ1n) is 10.7. The van der Waals surface area contributed by atoms with Gasteiger partial charge in [-0.15, -0.1) is 0 Å². The maximum absolute atomic E-state index is 12.8. The van der Waals surface area contributed by atoms with Gasteiger partial charge in [0, 0.05) is 12.6 Å². The number of morpholine rings is 1. The van der Waals surface area contributed by atoms with E-state index < -0.39 is 0 Å². The van der Waals surface area contributed by atoms with Crippen molar-refractivity contribution in [1.82, 2.24) is 19.7 Å². The van der Waals surface area contributed by atoms with Crippen LogP contribution < -0.4 is 14.2 Å². The second-order valence-electron chi connectivity index (χ2n) is 7.46. The Morgan fingerprint density at radius 3 is 2.74 bits per heavy atom. The molecule has 0 spiro atoms. The zero-order valence-electron chi connectivity index (χ0n) is 18.9. The molecule has 1 atom stereocenters. The molecular formula is C24H25ClN4O5. The maximum atomic E-state index is 12.8. The molecule has 0 radical (unpaired) electrons. The summed E-state index contributed by atoms with van der Waals surface area (Å²) >= 11 is 6.40. The fourth-order valence-corrected chi connectivity index (χ4v) is 3.84. The van der Waals surface area contributed by atoms with Crippen LogP contribution in [0.3, 0.4) is 0 Å². The molecule has 0 bridgehead atoms. The Hall–Kier alpha value is -3.56. The molecule has 4 rings (SSSR count). The van der Waals surface area contributed by atoms with E-state index in [-0.39, 0.29) is 12.0 Å². The first-order chi connectivity index (χ1) is 16.6. The van der Waals surface area contributed by atoms with E-state index in [0.717, 1.165) is 5.69 Å². The molecule has 2 heterocycles. The van der Waals surface area contributed by atoms with Gasteiger partial charge in [0.15, 0.2) is 11.5 Å². The highest BCUT2D eigenvalue weighted by Crippen LogP contribution is 2.37. The molecule has 34 heavy (non-hydrogen) atoms. The number of carbonyl (C=O) groups is 1. The summed E-state index contributed by atoms with van der Waals surface area (Å²) in [6.45, 7) is 1.71. The molecule has 0 aliphatic carbocycles. The lowest BCUT2D eigenvalue weighted by Crippen LogP contribution is -2.47. The van der Waals surface area contributed by atoms with E-state index in [1.165, 1.54) is 19.5 Å². The topological polar surface area (TPSA) is 87.9 Å². The molecule has 1 aliphatic heterocycles. The van der Waals surface area contributed by atoms with E-state index in [0.29, 0.717) is 54.1 Å². The van der Waals surface area contributed by atoms with Crippen molar-refractivity contribution < 1.29 is 23.7 Å². The average Bonchev–Trinajstić information content (AvgIpc) is 3.42. The minimum absolute atomic E-state index is 0.128. The number of hydrogen-bond acceptors (Lipinski definition) is 7. The van der Waals surface area contributed by atoms with Crippen LogP contribution in [0.1, 0.15) is 5.56 Å². The van der Waals surface area contributed by atoms with Gasteiger partial charge in [0.25, 0.3) is 0 Å². The Morgan fingerprint density at radius 2 is 2.03 bits per heavy atom. The third kappa shape index (κ3) is 5.49. The predicted molar refractivity (Wildman–Crippen MR) is 127 cm³/mol. The molecule has 9 nitrogen and oxygen atoms in total. The van der Waals surface area contributed by atoms with Crippen LogP contribution in [-0.2, 0) is 9.53 Å². The Bertz CT molecular complexity index is 1140. The fourth-order valence-electron chi connectivity index (χ4n) is 3.55. The Morgan fingerprint density at radius 1 is 1.21 bits per heavy atom. The number of methoxy groups -OCH3 is 2. The molecule has 0 N–H and O–H groups in total. The second-order valence-corrected chi connectivity index (χ2v) is 7.84. The summed E-state index contributed by atoms with van der Waals surface area (Å²) in [6.07, 6.45) is 6.05. The van der Waals surface area contributed by atoms with E-state index in [4.69, 9.17) is 30.5 Å². The second kappa shape index (κ2) is 11.0. The number of benzene rings is 2. The first-order valence-corrected chi connectivity index (χ1v) is 11.0. The van der Waals surface area contributed by atoms with Crippen LogP contribution in [0, 0.1) is 0 Å². The van der Waals surface area contributed by atoms with Gasteiger partial charge in [0.2, 0.25) is 5.91 Å². The summed E-state index contributed by atoms with van der Waals surface area (Å²) in [5.41, 5.74) is 1.55. The van der Waals surface area contributed by atoms with Crippen molar-refractivity contribution in [3.63, 3.8) is 0 Å². The fraction of sp³-hybridized carbons (Fsp3) is 0.292. The van der Waals surface area contributed by atoms with E-state index in [1.807, 2.05) is 24.3 Å². The van der Waals surface area contributed by atoms with Crippen LogP contribution in [0.4, 0.5) is 0 Å². The van der Waals surface area contributed by atoms with Gasteiger partial charge in [0.05, 0.1) is 38.1 Å². The van der Waals surface area contributed by atoms with Crippen LogP contribution in [0.2, 0.25) is 5.02 Å². The molecule has 1 aromatic heterocycles. The Labute approximate surface area is 202 Å². The lowest BCUT2D eigenvalue weighted by atomic mass is 10.1. The van der Waals surface area contributed by atoms with Gasteiger partial charge in [0.1, 0.15) is 31.1 Å². The average molecular weight is 485 g/mol. The van der Waals surface area contributed by atoms with Gasteiger partial charge in [-0.2, -0.15) is 5.10 Å². The number of ether oxygens (including phenoxy) is 4. The predicted octanol–water partition coefficient (Wildman–Crippen LogP) is 3.26. The number of hydrogen-bond donors (Lipinski definition) is 0. The van der Waals surface area contributed by atoms with Crippen molar-refractivity contribution in [2.24, 2.45) is 0 Å². The van der Waals surface area contributed by atoms with Gasteiger partial charge >= 0.3 is 0 Å².